The first-order valence-corrected chi connectivity index (χ1v) is 7.56. The van der Waals surface area contributed by atoms with Crippen molar-refractivity contribution < 1.29 is 4.52 Å². The molecular formula is C15H19ClN4O. The van der Waals surface area contributed by atoms with E-state index in [4.69, 9.17) is 21.9 Å². The second-order valence-electron chi connectivity index (χ2n) is 5.67. The summed E-state index contributed by atoms with van der Waals surface area (Å²) in [6.07, 6.45) is 1.14. The van der Waals surface area contributed by atoms with Gasteiger partial charge < -0.3 is 10.3 Å². The minimum absolute atomic E-state index is 0.241. The van der Waals surface area contributed by atoms with E-state index in [2.05, 4.69) is 22.0 Å². The average molecular weight is 307 g/mol. The fraction of sp³-hybridized carbons (Fsp3) is 0.467. The van der Waals surface area contributed by atoms with Gasteiger partial charge in [-0.15, -0.1) is 0 Å². The molecule has 5 nitrogen and oxygen atoms in total. The third-order valence-electron chi connectivity index (χ3n) is 3.98. The van der Waals surface area contributed by atoms with E-state index in [1.165, 1.54) is 0 Å². The molecule has 0 amide bonds. The van der Waals surface area contributed by atoms with Crippen LogP contribution in [0.1, 0.15) is 19.2 Å². The van der Waals surface area contributed by atoms with Gasteiger partial charge in [-0.05, 0) is 50.1 Å². The zero-order valence-corrected chi connectivity index (χ0v) is 12.8. The van der Waals surface area contributed by atoms with Crippen molar-refractivity contribution in [3.8, 4) is 11.5 Å². The summed E-state index contributed by atoms with van der Waals surface area (Å²) in [7, 11) is 0. The molecule has 2 atom stereocenters. The monoisotopic (exact) mass is 306 g/mol. The molecule has 6 heteroatoms. The van der Waals surface area contributed by atoms with E-state index in [0.29, 0.717) is 29.2 Å². The Morgan fingerprint density at radius 1 is 1.43 bits per heavy atom. The summed E-state index contributed by atoms with van der Waals surface area (Å²) in [6, 6.07) is 7.62. The van der Waals surface area contributed by atoms with Crippen molar-refractivity contribution in [2.45, 2.75) is 25.9 Å². The molecule has 2 heterocycles. The highest BCUT2D eigenvalue weighted by molar-refractivity contribution is 6.30. The number of aromatic nitrogens is 2. The molecule has 3 rings (SSSR count). The van der Waals surface area contributed by atoms with E-state index in [1.807, 2.05) is 24.3 Å². The Bertz CT molecular complexity index is 596. The van der Waals surface area contributed by atoms with Gasteiger partial charge in [-0.1, -0.05) is 16.8 Å². The lowest BCUT2D eigenvalue weighted by Gasteiger charge is -2.15. The van der Waals surface area contributed by atoms with Crippen LogP contribution in [0.25, 0.3) is 11.5 Å². The summed E-state index contributed by atoms with van der Waals surface area (Å²) >= 11 is 5.87. The van der Waals surface area contributed by atoms with Crippen molar-refractivity contribution in [2.75, 3.05) is 13.1 Å². The fourth-order valence-corrected chi connectivity index (χ4v) is 2.79. The summed E-state index contributed by atoms with van der Waals surface area (Å²) in [5.41, 5.74) is 6.84. The number of hydrogen-bond donors (Lipinski definition) is 1. The second-order valence-corrected chi connectivity index (χ2v) is 6.10. The van der Waals surface area contributed by atoms with E-state index < -0.39 is 0 Å². The Balaban J connectivity index is 1.64. The first-order valence-electron chi connectivity index (χ1n) is 7.18. The molecule has 0 aliphatic carbocycles. The molecule has 2 N–H and O–H groups in total. The maximum atomic E-state index is 5.96. The number of likely N-dealkylation sites (tertiary alicyclic amines) is 1. The Labute approximate surface area is 129 Å². The Morgan fingerprint density at radius 2 is 2.19 bits per heavy atom. The molecule has 1 aromatic carbocycles. The van der Waals surface area contributed by atoms with Gasteiger partial charge in [0.2, 0.25) is 0 Å². The van der Waals surface area contributed by atoms with Gasteiger partial charge in [0, 0.05) is 23.2 Å². The summed E-state index contributed by atoms with van der Waals surface area (Å²) in [4.78, 5) is 6.77. The van der Waals surface area contributed by atoms with Crippen molar-refractivity contribution in [2.24, 2.45) is 11.7 Å². The minimum Gasteiger partial charge on any atom is -0.334 e. The molecule has 112 valence electrons. The highest BCUT2D eigenvalue weighted by atomic mass is 35.5. The second kappa shape index (κ2) is 6.13. The topological polar surface area (TPSA) is 68.2 Å². The number of nitrogens with zero attached hydrogens (tertiary/aromatic N) is 3. The van der Waals surface area contributed by atoms with Crippen LogP contribution in [-0.2, 0) is 6.54 Å². The zero-order valence-electron chi connectivity index (χ0n) is 12.0. The van der Waals surface area contributed by atoms with Crippen LogP contribution in [-0.4, -0.2) is 34.2 Å². The zero-order chi connectivity index (χ0) is 14.8. The predicted molar refractivity (Wildman–Crippen MR) is 81.8 cm³/mol. The Morgan fingerprint density at radius 3 is 2.86 bits per heavy atom. The largest absolute Gasteiger partial charge is 0.334 e. The van der Waals surface area contributed by atoms with Crippen molar-refractivity contribution in [3.05, 3.63) is 35.1 Å². The van der Waals surface area contributed by atoms with Crippen molar-refractivity contribution in [1.29, 1.82) is 0 Å². The number of halogens is 1. The van der Waals surface area contributed by atoms with Gasteiger partial charge in [0.05, 0.1) is 6.54 Å². The van der Waals surface area contributed by atoms with Gasteiger partial charge in [0.1, 0.15) is 0 Å². The number of rotatable bonds is 4. The van der Waals surface area contributed by atoms with Crippen LogP contribution in [0.4, 0.5) is 0 Å². The number of benzene rings is 1. The SMILES string of the molecule is CC(N)C1CCN(Cc2noc(-c3ccc(Cl)cc3)n2)C1. The molecule has 1 saturated heterocycles. The van der Waals surface area contributed by atoms with E-state index in [9.17, 15) is 0 Å². The fourth-order valence-electron chi connectivity index (χ4n) is 2.66. The predicted octanol–water partition coefficient (Wildman–Crippen LogP) is 2.56. The van der Waals surface area contributed by atoms with Crippen molar-refractivity contribution in [3.63, 3.8) is 0 Å². The van der Waals surface area contributed by atoms with Gasteiger partial charge in [-0.2, -0.15) is 4.98 Å². The number of nitrogens with two attached hydrogens (primary N) is 1. The van der Waals surface area contributed by atoms with Crippen LogP contribution in [0.2, 0.25) is 5.02 Å². The molecule has 0 bridgehead atoms. The van der Waals surface area contributed by atoms with E-state index >= 15 is 0 Å². The third-order valence-corrected chi connectivity index (χ3v) is 4.23. The Hall–Kier alpha value is -1.43. The minimum atomic E-state index is 0.241. The lowest BCUT2D eigenvalue weighted by Crippen LogP contribution is -2.29. The van der Waals surface area contributed by atoms with Crippen LogP contribution >= 0.6 is 11.6 Å². The summed E-state index contributed by atoms with van der Waals surface area (Å²) in [5.74, 6) is 1.81. The highest BCUT2D eigenvalue weighted by Crippen LogP contribution is 2.22. The van der Waals surface area contributed by atoms with Crippen LogP contribution in [0.5, 0.6) is 0 Å². The summed E-state index contributed by atoms with van der Waals surface area (Å²) < 4.78 is 5.32. The van der Waals surface area contributed by atoms with E-state index in [-0.39, 0.29) is 6.04 Å². The Kier molecular flexibility index (Phi) is 4.24. The smallest absolute Gasteiger partial charge is 0.257 e. The van der Waals surface area contributed by atoms with Gasteiger partial charge in [0.25, 0.3) is 5.89 Å². The van der Waals surface area contributed by atoms with Crippen LogP contribution in [0.15, 0.2) is 28.8 Å². The molecule has 1 aliphatic heterocycles. The molecule has 2 aromatic rings. The maximum Gasteiger partial charge on any atom is 0.257 e. The van der Waals surface area contributed by atoms with Crippen LogP contribution < -0.4 is 5.73 Å². The maximum absolute atomic E-state index is 5.96. The van der Waals surface area contributed by atoms with Crippen LogP contribution in [0, 0.1) is 5.92 Å². The first-order chi connectivity index (χ1) is 10.1. The van der Waals surface area contributed by atoms with Crippen LogP contribution in [0.3, 0.4) is 0 Å². The van der Waals surface area contributed by atoms with Crippen molar-refractivity contribution in [1.82, 2.24) is 15.0 Å². The molecule has 2 unspecified atom stereocenters. The molecule has 1 aliphatic rings. The van der Waals surface area contributed by atoms with E-state index in [0.717, 1.165) is 25.1 Å². The summed E-state index contributed by atoms with van der Waals surface area (Å²) in [6.45, 7) is 4.82. The van der Waals surface area contributed by atoms with E-state index in [1.54, 1.807) is 0 Å². The quantitative estimate of drug-likeness (QED) is 0.940. The molecule has 21 heavy (non-hydrogen) atoms. The molecule has 1 fully saturated rings. The summed E-state index contributed by atoms with van der Waals surface area (Å²) in [5, 5.41) is 4.75. The molecular weight excluding hydrogens is 288 g/mol. The van der Waals surface area contributed by atoms with Gasteiger partial charge >= 0.3 is 0 Å². The lowest BCUT2D eigenvalue weighted by atomic mass is 10.0. The van der Waals surface area contributed by atoms with Gasteiger partial charge in [0.15, 0.2) is 5.82 Å². The van der Waals surface area contributed by atoms with Crippen molar-refractivity contribution >= 4 is 11.6 Å². The normalized spacial score (nSPS) is 20.8. The number of hydrogen-bond acceptors (Lipinski definition) is 5. The molecule has 0 saturated carbocycles. The molecule has 0 radical (unpaired) electrons. The van der Waals surface area contributed by atoms with Gasteiger partial charge in [-0.3, -0.25) is 4.90 Å². The highest BCUT2D eigenvalue weighted by Gasteiger charge is 2.26. The molecule has 0 spiro atoms. The molecule has 1 aromatic heterocycles. The third kappa shape index (κ3) is 3.43. The van der Waals surface area contributed by atoms with Gasteiger partial charge in [-0.25, -0.2) is 0 Å². The first kappa shape index (κ1) is 14.5. The standard InChI is InChI=1S/C15H19ClN4O/c1-10(17)12-6-7-20(8-12)9-14-18-15(21-19-14)11-2-4-13(16)5-3-11/h2-5,10,12H,6-9,17H2,1H3. The lowest BCUT2D eigenvalue weighted by molar-refractivity contribution is 0.294. The average Bonchev–Trinajstić information content (AvgIpc) is 3.10.